The van der Waals surface area contributed by atoms with E-state index in [9.17, 15) is 4.79 Å². The molecule has 1 N–H and O–H groups in total. The van der Waals surface area contributed by atoms with E-state index in [-0.39, 0.29) is 12.9 Å². The molecular formula is C23H25NO5. The molecule has 0 bridgehead atoms. The Bertz CT molecular complexity index is 845. The molecule has 6 heteroatoms. The van der Waals surface area contributed by atoms with Gasteiger partial charge >= 0.3 is 6.16 Å². The maximum Gasteiger partial charge on any atom is 0.506 e. The third kappa shape index (κ3) is 4.71. The van der Waals surface area contributed by atoms with Crippen molar-refractivity contribution in [2.24, 2.45) is 0 Å². The van der Waals surface area contributed by atoms with Crippen LogP contribution >= 0.6 is 0 Å². The molecule has 0 aliphatic carbocycles. The highest BCUT2D eigenvalue weighted by atomic mass is 16.7. The van der Waals surface area contributed by atoms with Gasteiger partial charge in [0.25, 0.3) is 0 Å². The van der Waals surface area contributed by atoms with Crippen molar-refractivity contribution in [1.82, 2.24) is 4.90 Å². The molecular weight excluding hydrogens is 370 g/mol. The topological polar surface area (TPSA) is 68.2 Å². The summed E-state index contributed by atoms with van der Waals surface area (Å²) in [5, 5.41) is 8.86. The number of piperidine rings is 1. The molecule has 2 aliphatic rings. The van der Waals surface area contributed by atoms with Crippen molar-refractivity contribution < 1.29 is 24.1 Å². The molecule has 1 atom stereocenters. The number of rotatable bonds is 4. The van der Waals surface area contributed by atoms with Gasteiger partial charge in [-0.25, -0.2) is 4.79 Å². The van der Waals surface area contributed by atoms with Gasteiger partial charge in [0.1, 0.15) is 17.6 Å². The van der Waals surface area contributed by atoms with Gasteiger partial charge in [-0.2, -0.15) is 0 Å². The van der Waals surface area contributed by atoms with Gasteiger partial charge in [0.05, 0.1) is 0 Å². The summed E-state index contributed by atoms with van der Waals surface area (Å²) in [5.74, 6) is 1.61. The van der Waals surface area contributed by atoms with E-state index >= 15 is 0 Å². The molecule has 0 amide bonds. The lowest BCUT2D eigenvalue weighted by atomic mass is 9.95. The van der Waals surface area contributed by atoms with Crippen LogP contribution in [0.5, 0.6) is 11.5 Å². The Labute approximate surface area is 170 Å². The van der Waals surface area contributed by atoms with E-state index in [1.54, 1.807) is 0 Å². The van der Waals surface area contributed by atoms with Crippen LogP contribution < -0.4 is 9.47 Å². The molecule has 2 aromatic carbocycles. The van der Waals surface area contributed by atoms with Crippen LogP contribution in [0.15, 0.2) is 54.6 Å². The molecule has 152 valence electrons. The molecule has 6 nitrogen and oxygen atoms in total. The summed E-state index contributed by atoms with van der Waals surface area (Å²) < 4.78 is 16.6. The van der Waals surface area contributed by atoms with Crippen LogP contribution in [0.25, 0.3) is 5.57 Å². The fraction of sp³-hybridized carbons (Fsp3) is 0.348. The van der Waals surface area contributed by atoms with Crippen molar-refractivity contribution in [3.8, 4) is 11.5 Å². The van der Waals surface area contributed by atoms with Crippen LogP contribution in [0.4, 0.5) is 4.79 Å². The SMILES string of the molecule is O=C(O)OC1CCCN(CCC=C2c3ccccc3OCOc3ccccc32)C1. The number of carbonyl (C=O) groups is 1. The van der Waals surface area contributed by atoms with Crippen LogP contribution in [0.1, 0.15) is 30.4 Å². The van der Waals surface area contributed by atoms with Gasteiger partial charge in [0.2, 0.25) is 6.79 Å². The fourth-order valence-corrected chi connectivity index (χ4v) is 4.00. The van der Waals surface area contributed by atoms with Gasteiger partial charge in [0, 0.05) is 24.2 Å². The molecule has 29 heavy (non-hydrogen) atoms. The van der Waals surface area contributed by atoms with Gasteiger partial charge < -0.3 is 19.3 Å². The monoisotopic (exact) mass is 395 g/mol. The van der Waals surface area contributed by atoms with E-state index in [0.29, 0.717) is 6.54 Å². The van der Waals surface area contributed by atoms with E-state index in [2.05, 4.69) is 23.1 Å². The van der Waals surface area contributed by atoms with E-state index in [1.165, 1.54) is 0 Å². The number of hydrogen-bond acceptors (Lipinski definition) is 5. The Kier molecular flexibility index (Phi) is 6.00. The molecule has 2 heterocycles. The lowest BCUT2D eigenvalue weighted by molar-refractivity contribution is 0.0140. The van der Waals surface area contributed by atoms with Crippen LogP contribution in [-0.2, 0) is 4.74 Å². The number of likely N-dealkylation sites (tertiary alicyclic amines) is 1. The number of benzene rings is 2. The van der Waals surface area contributed by atoms with E-state index < -0.39 is 6.16 Å². The van der Waals surface area contributed by atoms with Gasteiger partial charge in [-0.05, 0) is 43.5 Å². The molecule has 4 rings (SSSR count). The van der Waals surface area contributed by atoms with E-state index in [0.717, 1.165) is 60.6 Å². The first-order valence-electron chi connectivity index (χ1n) is 9.97. The third-order valence-corrected chi connectivity index (χ3v) is 5.31. The molecule has 0 aromatic heterocycles. The standard InChI is InChI=1S/C23H25NO5/c25-23(26)29-17-7-5-13-24(15-17)14-6-10-18-19-8-1-3-11-21(19)27-16-28-22-12-4-2-9-20(18)22/h1-4,8-12,17H,5-7,13-16H2,(H,25,26). The second-order valence-electron chi connectivity index (χ2n) is 7.25. The average Bonchev–Trinajstić information content (AvgIpc) is 2.71. The smallest absolute Gasteiger partial charge is 0.457 e. The molecule has 0 saturated carbocycles. The van der Waals surface area contributed by atoms with Gasteiger partial charge in [0.15, 0.2) is 0 Å². The molecule has 1 saturated heterocycles. The van der Waals surface area contributed by atoms with Crippen LogP contribution in [0, 0.1) is 0 Å². The summed E-state index contributed by atoms with van der Waals surface area (Å²) >= 11 is 0. The van der Waals surface area contributed by atoms with Crippen LogP contribution in [0.2, 0.25) is 0 Å². The lowest BCUT2D eigenvalue weighted by Crippen LogP contribution is -2.40. The number of ether oxygens (including phenoxy) is 3. The second kappa shape index (κ2) is 9.01. The number of para-hydroxylation sites is 2. The summed E-state index contributed by atoms with van der Waals surface area (Å²) in [6.45, 7) is 2.63. The van der Waals surface area contributed by atoms with Gasteiger partial charge in [-0.15, -0.1) is 0 Å². The van der Waals surface area contributed by atoms with Gasteiger partial charge in [-0.1, -0.05) is 42.5 Å². The van der Waals surface area contributed by atoms with E-state index in [4.69, 9.17) is 19.3 Å². The predicted molar refractivity (Wildman–Crippen MR) is 109 cm³/mol. The minimum atomic E-state index is -1.19. The van der Waals surface area contributed by atoms with Crippen molar-refractivity contribution in [2.75, 3.05) is 26.4 Å². The molecule has 2 aromatic rings. The summed E-state index contributed by atoms with van der Waals surface area (Å²) in [5.41, 5.74) is 3.19. The number of nitrogens with zero attached hydrogens (tertiary/aromatic N) is 1. The quantitative estimate of drug-likeness (QED) is 0.774. The van der Waals surface area contributed by atoms with Crippen molar-refractivity contribution in [3.05, 3.63) is 65.7 Å². The lowest BCUT2D eigenvalue weighted by Gasteiger charge is -2.31. The summed E-state index contributed by atoms with van der Waals surface area (Å²) in [4.78, 5) is 13.1. The van der Waals surface area contributed by atoms with Crippen LogP contribution in [0.3, 0.4) is 0 Å². The Balaban J connectivity index is 1.54. The predicted octanol–water partition coefficient (Wildman–Crippen LogP) is 4.40. The van der Waals surface area contributed by atoms with Crippen LogP contribution in [-0.4, -0.2) is 48.7 Å². The number of hydrogen-bond donors (Lipinski definition) is 1. The minimum absolute atomic E-state index is 0.181. The normalized spacial score (nSPS) is 18.9. The Morgan fingerprint density at radius 2 is 1.76 bits per heavy atom. The van der Waals surface area contributed by atoms with Crippen molar-refractivity contribution in [1.29, 1.82) is 0 Å². The Hall–Kier alpha value is -2.99. The highest BCUT2D eigenvalue weighted by Gasteiger charge is 2.23. The Morgan fingerprint density at radius 1 is 1.10 bits per heavy atom. The van der Waals surface area contributed by atoms with Crippen molar-refractivity contribution >= 4 is 11.7 Å². The van der Waals surface area contributed by atoms with Gasteiger partial charge in [-0.3, -0.25) is 4.90 Å². The molecule has 0 radical (unpaired) electrons. The average molecular weight is 395 g/mol. The minimum Gasteiger partial charge on any atom is -0.457 e. The van der Waals surface area contributed by atoms with E-state index in [1.807, 2.05) is 36.4 Å². The number of fused-ring (bicyclic) bond motifs is 2. The number of carboxylic acid groups (broad SMARTS) is 1. The third-order valence-electron chi connectivity index (χ3n) is 5.31. The first-order chi connectivity index (χ1) is 14.2. The zero-order valence-corrected chi connectivity index (χ0v) is 16.3. The zero-order chi connectivity index (χ0) is 20.1. The summed E-state index contributed by atoms with van der Waals surface area (Å²) in [6, 6.07) is 16.0. The largest absolute Gasteiger partial charge is 0.506 e. The summed E-state index contributed by atoms with van der Waals surface area (Å²) in [7, 11) is 0. The maximum absolute atomic E-state index is 10.8. The molecule has 1 unspecified atom stereocenters. The highest BCUT2D eigenvalue weighted by molar-refractivity contribution is 5.85. The maximum atomic E-state index is 10.8. The zero-order valence-electron chi connectivity index (χ0n) is 16.3. The van der Waals surface area contributed by atoms with Crippen molar-refractivity contribution in [3.63, 3.8) is 0 Å². The highest BCUT2D eigenvalue weighted by Crippen LogP contribution is 2.37. The Morgan fingerprint density at radius 3 is 2.41 bits per heavy atom. The molecule has 2 aliphatic heterocycles. The first-order valence-corrected chi connectivity index (χ1v) is 9.97. The van der Waals surface area contributed by atoms with Crippen molar-refractivity contribution in [2.45, 2.75) is 25.4 Å². The fourth-order valence-electron chi connectivity index (χ4n) is 4.00. The second-order valence-corrected chi connectivity index (χ2v) is 7.25. The summed E-state index contributed by atoms with van der Waals surface area (Å²) in [6.07, 6.45) is 3.36. The molecule has 1 fully saturated rings. The first kappa shape index (κ1) is 19.3. The molecule has 0 spiro atoms.